The Hall–Kier alpha value is -4.69. The summed E-state index contributed by atoms with van der Waals surface area (Å²) < 4.78 is 4.59. The van der Waals surface area contributed by atoms with E-state index in [1.165, 1.54) is 11.6 Å². The van der Waals surface area contributed by atoms with Crippen molar-refractivity contribution in [1.82, 2.24) is 28.9 Å². The number of hydrogen-bond donors (Lipinski definition) is 1. The standard InChI is InChI=1S/C25H21ClN8O3/c1-4-33(25(36)37)24-29-22-20(23(35)32(24)3)21(19-9-14(11-27)12-31(19)2)34(30-22)13-15-7-8-28-18-6-5-16(26)10-17(15)18/h5-10,12H,4,13H2,1-3H3,(H,36,37). The Morgan fingerprint density at radius 2 is 2.03 bits per heavy atom. The van der Waals surface area contributed by atoms with Crippen LogP contribution in [-0.4, -0.2) is 46.6 Å². The van der Waals surface area contributed by atoms with Crippen LogP contribution in [0.4, 0.5) is 10.7 Å². The number of nitriles is 1. The van der Waals surface area contributed by atoms with Gasteiger partial charge in [0.25, 0.3) is 5.56 Å². The lowest BCUT2D eigenvalue weighted by Crippen LogP contribution is -2.35. The number of anilines is 1. The first-order valence-corrected chi connectivity index (χ1v) is 11.7. The Balaban J connectivity index is 1.82. The van der Waals surface area contributed by atoms with E-state index in [1.54, 1.807) is 47.7 Å². The molecule has 0 atom stereocenters. The fourth-order valence-electron chi connectivity index (χ4n) is 4.47. The van der Waals surface area contributed by atoms with Crippen LogP contribution in [0.15, 0.2) is 47.5 Å². The zero-order valence-corrected chi connectivity index (χ0v) is 20.9. The minimum Gasteiger partial charge on any atom is -0.465 e. The molecule has 4 aromatic heterocycles. The molecular formula is C25H21ClN8O3. The van der Waals surface area contributed by atoms with Gasteiger partial charge in [-0.2, -0.15) is 15.3 Å². The third-order valence-corrected chi connectivity index (χ3v) is 6.47. The van der Waals surface area contributed by atoms with E-state index in [4.69, 9.17) is 11.6 Å². The maximum Gasteiger partial charge on any atom is 0.414 e. The minimum atomic E-state index is -1.23. The molecule has 0 unspecified atom stereocenters. The fourth-order valence-corrected chi connectivity index (χ4v) is 4.64. The van der Waals surface area contributed by atoms with Crippen molar-refractivity contribution in [2.24, 2.45) is 14.1 Å². The molecule has 1 amide bonds. The van der Waals surface area contributed by atoms with E-state index in [-0.39, 0.29) is 30.1 Å². The quantitative estimate of drug-likeness (QED) is 0.375. The summed E-state index contributed by atoms with van der Waals surface area (Å²) in [7, 11) is 3.25. The number of aryl methyl sites for hydroxylation is 1. The number of benzene rings is 1. The lowest BCUT2D eigenvalue weighted by atomic mass is 10.1. The second-order valence-corrected chi connectivity index (χ2v) is 8.91. The van der Waals surface area contributed by atoms with E-state index in [0.717, 1.165) is 21.4 Å². The first-order chi connectivity index (χ1) is 17.7. The second-order valence-electron chi connectivity index (χ2n) is 8.48. The normalized spacial score (nSPS) is 11.2. The molecule has 12 heteroatoms. The van der Waals surface area contributed by atoms with Crippen molar-refractivity contribution in [2.75, 3.05) is 11.4 Å². The summed E-state index contributed by atoms with van der Waals surface area (Å²) in [6.45, 7) is 2.00. The van der Waals surface area contributed by atoms with Gasteiger partial charge in [0.1, 0.15) is 17.1 Å². The van der Waals surface area contributed by atoms with Gasteiger partial charge in [-0.3, -0.25) is 19.0 Å². The topological polar surface area (TPSA) is 135 Å². The Morgan fingerprint density at radius 3 is 2.70 bits per heavy atom. The average Bonchev–Trinajstić information content (AvgIpc) is 3.42. The summed E-state index contributed by atoms with van der Waals surface area (Å²) in [5.74, 6) is -0.0329. The van der Waals surface area contributed by atoms with Crippen LogP contribution >= 0.6 is 11.6 Å². The molecule has 0 radical (unpaired) electrons. The molecule has 0 saturated heterocycles. The molecule has 0 fully saturated rings. The summed E-state index contributed by atoms with van der Waals surface area (Å²) in [5.41, 5.74) is 2.73. The summed E-state index contributed by atoms with van der Waals surface area (Å²) in [4.78, 5) is 35.3. The molecule has 0 aliphatic heterocycles. The molecule has 0 saturated carbocycles. The van der Waals surface area contributed by atoms with E-state index >= 15 is 0 Å². The molecule has 5 rings (SSSR count). The maximum atomic E-state index is 13.6. The molecule has 186 valence electrons. The molecule has 11 nitrogen and oxygen atoms in total. The van der Waals surface area contributed by atoms with E-state index in [1.807, 2.05) is 18.2 Å². The summed E-state index contributed by atoms with van der Waals surface area (Å²) in [6, 6.07) is 11.1. The third kappa shape index (κ3) is 3.97. The molecule has 0 aliphatic rings. The van der Waals surface area contributed by atoms with Crippen molar-refractivity contribution in [3.63, 3.8) is 0 Å². The van der Waals surface area contributed by atoms with Gasteiger partial charge in [-0.15, -0.1) is 0 Å². The highest BCUT2D eigenvalue weighted by Crippen LogP contribution is 2.30. The monoisotopic (exact) mass is 516 g/mol. The van der Waals surface area contributed by atoms with Crippen LogP contribution in [0.1, 0.15) is 18.1 Å². The number of hydrogen-bond acceptors (Lipinski definition) is 6. The van der Waals surface area contributed by atoms with Gasteiger partial charge in [-0.1, -0.05) is 11.6 Å². The van der Waals surface area contributed by atoms with E-state index in [2.05, 4.69) is 21.1 Å². The lowest BCUT2D eigenvalue weighted by molar-refractivity contribution is 0.201. The van der Waals surface area contributed by atoms with Gasteiger partial charge in [0.15, 0.2) is 5.65 Å². The number of amides is 1. The maximum absolute atomic E-state index is 13.6. The second kappa shape index (κ2) is 9.07. The number of halogens is 1. The molecule has 37 heavy (non-hydrogen) atoms. The van der Waals surface area contributed by atoms with Gasteiger partial charge in [0, 0.05) is 43.4 Å². The Morgan fingerprint density at radius 1 is 1.24 bits per heavy atom. The zero-order valence-electron chi connectivity index (χ0n) is 20.2. The SMILES string of the molecule is CCN(C(=O)O)c1nc2nn(Cc3ccnc4ccc(Cl)cc34)c(-c3cc(C#N)cn3C)c2c(=O)n1C. The first kappa shape index (κ1) is 24.0. The van der Waals surface area contributed by atoms with Crippen molar-refractivity contribution in [3.05, 3.63) is 69.2 Å². The summed E-state index contributed by atoms with van der Waals surface area (Å²) >= 11 is 6.26. The van der Waals surface area contributed by atoms with Gasteiger partial charge in [0.2, 0.25) is 5.95 Å². The van der Waals surface area contributed by atoms with Crippen molar-refractivity contribution in [1.29, 1.82) is 5.26 Å². The number of fused-ring (bicyclic) bond motifs is 2. The van der Waals surface area contributed by atoms with Crippen LogP contribution in [0.2, 0.25) is 5.02 Å². The van der Waals surface area contributed by atoms with Crippen molar-refractivity contribution >= 4 is 45.6 Å². The molecule has 5 aromatic rings. The smallest absolute Gasteiger partial charge is 0.414 e. The number of pyridine rings is 1. The highest BCUT2D eigenvalue weighted by molar-refractivity contribution is 6.31. The molecule has 4 heterocycles. The lowest BCUT2D eigenvalue weighted by Gasteiger charge is -2.18. The van der Waals surface area contributed by atoms with Gasteiger partial charge < -0.3 is 9.67 Å². The highest BCUT2D eigenvalue weighted by Gasteiger charge is 2.26. The fraction of sp³-hybridized carbons (Fsp3) is 0.200. The van der Waals surface area contributed by atoms with Crippen molar-refractivity contribution in [3.8, 4) is 17.5 Å². The molecular weight excluding hydrogens is 496 g/mol. The van der Waals surface area contributed by atoms with Gasteiger partial charge >= 0.3 is 6.09 Å². The summed E-state index contributed by atoms with van der Waals surface area (Å²) in [5, 5.41) is 25.4. The number of aromatic nitrogens is 6. The number of carbonyl (C=O) groups is 1. The predicted molar refractivity (Wildman–Crippen MR) is 139 cm³/mol. The van der Waals surface area contributed by atoms with Crippen molar-refractivity contribution in [2.45, 2.75) is 13.5 Å². The highest BCUT2D eigenvalue weighted by atomic mass is 35.5. The van der Waals surface area contributed by atoms with Gasteiger partial charge in [-0.05, 0) is 42.8 Å². The Bertz CT molecular complexity index is 1810. The Kier molecular flexibility index (Phi) is 5.89. The minimum absolute atomic E-state index is 0.0329. The molecule has 0 aliphatic carbocycles. The van der Waals surface area contributed by atoms with Crippen LogP contribution in [0.5, 0.6) is 0 Å². The molecule has 1 N–H and O–H groups in total. The first-order valence-electron chi connectivity index (χ1n) is 11.3. The van der Waals surface area contributed by atoms with Crippen LogP contribution in [0.3, 0.4) is 0 Å². The van der Waals surface area contributed by atoms with E-state index in [0.29, 0.717) is 22.0 Å². The largest absolute Gasteiger partial charge is 0.465 e. The predicted octanol–water partition coefficient (Wildman–Crippen LogP) is 3.76. The molecule has 0 bridgehead atoms. The van der Waals surface area contributed by atoms with E-state index < -0.39 is 11.7 Å². The van der Waals surface area contributed by atoms with Crippen molar-refractivity contribution < 1.29 is 9.90 Å². The van der Waals surface area contributed by atoms with Crippen LogP contribution in [0.25, 0.3) is 33.3 Å². The number of carboxylic acid groups (broad SMARTS) is 1. The van der Waals surface area contributed by atoms with Crippen LogP contribution in [0, 0.1) is 11.3 Å². The Labute approximate surface area is 215 Å². The third-order valence-electron chi connectivity index (χ3n) is 6.24. The number of nitrogens with zero attached hydrogens (tertiary/aromatic N) is 8. The number of rotatable bonds is 5. The summed E-state index contributed by atoms with van der Waals surface area (Å²) in [6.07, 6.45) is 2.12. The van der Waals surface area contributed by atoms with Gasteiger partial charge in [-0.25, -0.2) is 9.69 Å². The van der Waals surface area contributed by atoms with E-state index in [9.17, 15) is 20.0 Å². The average molecular weight is 517 g/mol. The molecule has 0 spiro atoms. The van der Waals surface area contributed by atoms with Crippen LogP contribution < -0.4 is 10.5 Å². The van der Waals surface area contributed by atoms with Crippen LogP contribution in [-0.2, 0) is 20.6 Å². The van der Waals surface area contributed by atoms with Gasteiger partial charge in [0.05, 0.1) is 23.3 Å². The molecule has 1 aromatic carbocycles. The zero-order chi connectivity index (χ0) is 26.4.